The Morgan fingerprint density at radius 2 is 1.59 bits per heavy atom. The van der Waals surface area contributed by atoms with E-state index >= 15 is 0 Å². The number of thioether (sulfide) groups is 1. The Kier molecular flexibility index (Phi) is 7.64. The second-order valence-electron chi connectivity index (χ2n) is 10.4. The van der Waals surface area contributed by atoms with Crippen LogP contribution in [0, 0.1) is 5.92 Å². The van der Waals surface area contributed by atoms with E-state index in [-0.39, 0.29) is 23.1 Å². The van der Waals surface area contributed by atoms with Gasteiger partial charge in [0.15, 0.2) is 0 Å². The fourth-order valence-electron chi connectivity index (χ4n) is 4.87. The van der Waals surface area contributed by atoms with E-state index in [9.17, 15) is 19.2 Å². The maximum Gasteiger partial charge on any atom is 0.256 e. The van der Waals surface area contributed by atoms with Crippen LogP contribution in [0.1, 0.15) is 61.5 Å². The second-order valence-corrected chi connectivity index (χ2v) is 12.2. The van der Waals surface area contributed by atoms with E-state index in [2.05, 4.69) is 16.0 Å². The van der Waals surface area contributed by atoms with Crippen LogP contribution in [0.25, 0.3) is 0 Å². The number of carbonyl (C=O) groups excluding carboxylic acids is 4. The van der Waals surface area contributed by atoms with Crippen LogP contribution in [-0.4, -0.2) is 51.4 Å². The summed E-state index contributed by atoms with van der Waals surface area (Å²) in [5, 5.41) is 8.21. The van der Waals surface area contributed by atoms with E-state index in [1.807, 2.05) is 76.2 Å². The van der Waals surface area contributed by atoms with Crippen molar-refractivity contribution in [2.75, 3.05) is 0 Å². The smallest absolute Gasteiger partial charge is 0.256 e. The van der Waals surface area contributed by atoms with Gasteiger partial charge in [0.1, 0.15) is 23.5 Å². The topological polar surface area (TPSA) is 108 Å². The Morgan fingerprint density at radius 1 is 0.946 bits per heavy atom. The van der Waals surface area contributed by atoms with Crippen molar-refractivity contribution in [3.05, 3.63) is 71.3 Å². The fourth-order valence-corrected chi connectivity index (χ4v) is 6.46. The van der Waals surface area contributed by atoms with Crippen LogP contribution in [-0.2, 0) is 20.9 Å². The molecule has 0 bridgehead atoms. The third-order valence-electron chi connectivity index (χ3n) is 6.85. The molecule has 2 aliphatic rings. The average molecular weight is 523 g/mol. The van der Waals surface area contributed by atoms with Crippen molar-refractivity contribution in [1.29, 1.82) is 0 Å². The second kappa shape index (κ2) is 10.6. The van der Waals surface area contributed by atoms with Gasteiger partial charge in [-0.05, 0) is 43.9 Å². The summed E-state index contributed by atoms with van der Waals surface area (Å²) >= 11 is 1.57. The van der Waals surface area contributed by atoms with Crippen molar-refractivity contribution < 1.29 is 19.2 Å². The molecule has 0 radical (unpaired) electrons. The summed E-state index contributed by atoms with van der Waals surface area (Å²) in [6.45, 7) is 9.52. The summed E-state index contributed by atoms with van der Waals surface area (Å²) in [7, 11) is 0. The molecule has 4 amide bonds. The Bertz CT molecular complexity index is 1200. The molecule has 1 saturated heterocycles. The minimum atomic E-state index is -0.893. The largest absolute Gasteiger partial charge is 0.350 e. The van der Waals surface area contributed by atoms with E-state index in [0.717, 1.165) is 11.1 Å². The van der Waals surface area contributed by atoms with Crippen molar-refractivity contribution in [3.63, 3.8) is 0 Å². The molecule has 3 N–H and O–H groups in total. The van der Waals surface area contributed by atoms with Gasteiger partial charge in [-0.2, -0.15) is 0 Å². The van der Waals surface area contributed by atoms with E-state index in [4.69, 9.17) is 0 Å². The molecule has 0 saturated carbocycles. The minimum absolute atomic E-state index is 0.158. The predicted octanol–water partition coefficient (Wildman–Crippen LogP) is 3.00. The molecule has 1 fully saturated rings. The highest BCUT2D eigenvalue weighted by Gasteiger charge is 2.57. The monoisotopic (exact) mass is 522 g/mol. The lowest BCUT2D eigenvalue weighted by molar-refractivity contribution is -0.133. The first-order valence-electron chi connectivity index (χ1n) is 12.5. The SMILES string of the molecule is CC(C)[C@H](NC(=O)[C@H](C)NC(=O)[C@H]1N2C(=O)c3ccccc3[C@@H]2SC1(C)C)C(=O)NCc1ccccc1. The molecule has 2 aliphatic heterocycles. The fraction of sp³-hybridized carbons (Fsp3) is 0.429. The molecule has 4 rings (SSSR count). The molecule has 0 unspecified atom stereocenters. The molecule has 9 heteroatoms. The summed E-state index contributed by atoms with van der Waals surface area (Å²) in [5.74, 6) is -1.47. The number of nitrogens with zero attached hydrogens (tertiary/aromatic N) is 1. The molecule has 2 aromatic carbocycles. The number of benzene rings is 2. The van der Waals surface area contributed by atoms with E-state index in [0.29, 0.717) is 12.1 Å². The van der Waals surface area contributed by atoms with Gasteiger partial charge in [0, 0.05) is 16.9 Å². The van der Waals surface area contributed by atoms with Crippen molar-refractivity contribution >= 4 is 35.4 Å². The third kappa shape index (κ3) is 5.37. The molecular formula is C28H34N4O4S. The lowest BCUT2D eigenvalue weighted by Crippen LogP contribution is -2.58. The highest BCUT2D eigenvalue weighted by molar-refractivity contribution is 8.01. The third-order valence-corrected chi connectivity index (χ3v) is 8.39. The first-order valence-corrected chi connectivity index (χ1v) is 13.4. The zero-order valence-corrected chi connectivity index (χ0v) is 22.6. The molecule has 196 valence electrons. The van der Waals surface area contributed by atoms with Crippen molar-refractivity contribution in [1.82, 2.24) is 20.9 Å². The summed E-state index contributed by atoms with van der Waals surface area (Å²) in [5.41, 5.74) is 2.48. The van der Waals surface area contributed by atoms with E-state index in [1.165, 1.54) is 0 Å². The standard InChI is InChI=1S/C28H34N4O4S/c1-16(2)21(24(34)29-15-18-11-7-6-8-12-18)31-23(33)17(3)30-25(35)22-28(4,5)37-27-20-14-10-9-13-19(20)26(36)32(22)27/h6-14,16-17,21-22,27H,15H2,1-5H3,(H,29,34)(H,30,35)(H,31,33)/t17-,21-,22+,27-/m0/s1. The number of nitrogens with one attached hydrogen (secondary N) is 3. The van der Waals surface area contributed by atoms with Crippen LogP contribution >= 0.6 is 11.8 Å². The molecule has 2 heterocycles. The van der Waals surface area contributed by atoms with Crippen LogP contribution in [0.3, 0.4) is 0 Å². The van der Waals surface area contributed by atoms with Gasteiger partial charge in [-0.15, -0.1) is 11.8 Å². The lowest BCUT2D eigenvalue weighted by atomic mass is 10.00. The van der Waals surface area contributed by atoms with Gasteiger partial charge in [-0.1, -0.05) is 62.4 Å². The summed E-state index contributed by atoms with van der Waals surface area (Å²) in [4.78, 5) is 54.1. The zero-order chi connectivity index (χ0) is 26.9. The molecule has 8 nitrogen and oxygen atoms in total. The summed E-state index contributed by atoms with van der Waals surface area (Å²) in [6.07, 6.45) is 0. The quantitative estimate of drug-likeness (QED) is 0.494. The molecule has 0 aliphatic carbocycles. The first-order chi connectivity index (χ1) is 17.5. The zero-order valence-electron chi connectivity index (χ0n) is 21.8. The van der Waals surface area contributed by atoms with Gasteiger partial charge < -0.3 is 20.9 Å². The maximum absolute atomic E-state index is 13.5. The number of hydrogen-bond acceptors (Lipinski definition) is 5. The number of carbonyl (C=O) groups is 4. The van der Waals surface area contributed by atoms with E-state index < -0.39 is 34.7 Å². The number of rotatable bonds is 8. The maximum atomic E-state index is 13.5. The Hall–Kier alpha value is -3.33. The van der Waals surface area contributed by atoms with Crippen LogP contribution in [0.15, 0.2) is 54.6 Å². The molecular weight excluding hydrogens is 488 g/mol. The molecule has 0 spiro atoms. The first kappa shape index (κ1) is 26.7. The number of hydrogen-bond donors (Lipinski definition) is 3. The Labute approximate surface area is 221 Å². The van der Waals surface area contributed by atoms with Crippen LogP contribution < -0.4 is 16.0 Å². The van der Waals surface area contributed by atoms with Gasteiger partial charge in [0.2, 0.25) is 17.7 Å². The van der Waals surface area contributed by atoms with Gasteiger partial charge in [-0.25, -0.2) is 0 Å². The van der Waals surface area contributed by atoms with Gasteiger partial charge in [0.25, 0.3) is 5.91 Å². The summed E-state index contributed by atoms with van der Waals surface area (Å²) in [6, 6.07) is 14.5. The van der Waals surface area contributed by atoms with Crippen molar-refractivity contribution in [2.45, 2.75) is 69.4 Å². The highest BCUT2D eigenvalue weighted by atomic mass is 32.2. The molecule has 37 heavy (non-hydrogen) atoms. The molecule has 4 atom stereocenters. The molecule has 2 aromatic rings. The van der Waals surface area contributed by atoms with Crippen LogP contribution in [0.4, 0.5) is 0 Å². The summed E-state index contributed by atoms with van der Waals surface area (Å²) < 4.78 is -0.550. The van der Waals surface area contributed by atoms with Crippen LogP contribution in [0.2, 0.25) is 0 Å². The lowest BCUT2D eigenvalue weighted by Gasteiger charge is -2.31. The van der Waals surface area contributed by atoms with Crippen molar-refractivity contribution in [2.24, 2.45) is 5.92 Å². The van der Waals surface area contributed by atoms with E-state index in [1.54, 1.807) is 29.7 Å². The minimum Gasteiger partial charge on any atom is -0.350 e. The van der Waals surface area contributed by atoms with Gasteiger partial charge >= 0.3 is 0 Å². The average Bonchev–Trinajstić information content (AvgIpc) is 3.29. The normalized spacial score (nSPS) is 21.1. The van der Waals surface area contributed by atoms with Crippen molar-refractivity contribution in [3.8, 4) is 0 Å². The Morgan fingerprint density at radius 3 is 2.27 bits per heavy atom. The predicted molar refractivity (Wildman–Crippen MR) is 143 cm³/mol. The molecule has 0 aromatic heterocycles. The Balaban J connectivity index is 1.40. The number of amides is 4. The van der Waals surface area contributed by atoms with Gasteiger partial charge in [0.05, 0.1) is 0 Å². The highest BCUT2D eigenvalue weighted by Crippen LogP contribution is 2.56. The van der Waals surface area contributed by atoms with Gasteiger partial charge in [-0.3, -0.25) is 19.2 Å². The number of fused-ring (bicyclic) bond motifs is 3. The van der Waals surface area contributed by atoms with Crippen LogP contribution in [0.5, 0.6) is 0 Å².